The third kappa shape index (κ3) is 3.04. The van der Waals surface area contributed by atoms with Crippen molar-refractivity contribution in [3.05, 3.63) is 50.6 Å². The van der Waals surface area contributed by atoms with Crippen molar-refractivity contribution in [2.75, 3.05) is 11.9 Å². The maximum absolute atomic E-state index is 10.9. The average Bonchev–Trinajstić information content (AvgIpc) is 2.91. The van der Waals surface area contributed by atoms with E-state index in [4.69, 9.17) is 0 Å². The molecule has 1 aromatic heterocycles. The van der Waals surface area contributed by atoms with Crippen LogP contribution in [0.1, 0.15) is 5.82 Å². The Morgan fingerprint density at radius 2 is 2.05 bits per heavy atom. The molecule has 0 aliphatic carbocycles. The molecular weight excluding hydrogens is 268 g/mol. The number of aromatic amines is 1. The molecule has 1 heterocycles. The van der Waals surface area contributed by atoms with Gasteiger partial charge < -0.3 is 5.32 Å². The number of hydrogen-bond donors (Lipinski definition) is 2. The standard InChI is InChI=1S/C10H10N6O4/c17-15(18)7-1-2-8(9(5-7)16(19)20)11-4-3-10-12-6-13-14-10/h1-2,5-6,11H,3-4H2,(H,12,13,14). The molecule has 10 heteroatoms. The summed E-state index contributed by atoms with van der Waals surface area (Å²) in [5.74, 6) is 0.641. The van der Waals surface area contributed by atoms with E-state index in [1.54, 1.807) is 0 Å². The predicted molar refractivity (Wildman–Crippen MR) is 68.3 cm³/mol. The number of aromatic nitrogens is 3. The third-order valence-corrected chi connectivity index (χ3v) is 2.53. The second-order valence-corrected chi connectivity index (χ2v) is 3.82. The Kier molecular flexibility index (Phi) is 3.84. The van der Waals surface area contributed by atoms with Crippen LogP contribution < -0.4 is 5.32 Å². The van der Waals surface area contributed by atoms with Crippen molar-refractivity contribution in [3.8, 4) is 0 Å². The van der Waals surface area contributed by atoms with Gasteiger partial charge in [0.15, 0.2) is 0 Å². The minimum absolute atomic E-state index is 0.222. The Balaban J connectivity index is 2.10. The number of hydrogen-bond acceptors (Lipinski definition) is 7. The lowest BCUT2D eigenvalue weighted by Gasteiger charge is -2.05. The first-order chi connectivity index (χ1) is 9.58. The van der Waals surface area contributed by atoms with Crippen LogP contribution in [0.2, 0.25) is 0 Å². The summed E-state index contributed by atoms with van der Waals surface area (Å²) in [5.41, 5.74) is -0.436. The molecule has 2 N–H and O–H groups in total. The molecule has 2 aromatic rings. The summed E-state index contributed by atoms with van der Waals surface area (Å²) in [6.45, 7) is 0.383. The van der Waals surface area contributed by atoms with Crippen LogP contribution >= 0.6 is 0 Å². The highest BCUT2D eigenvalue weighted by Gasteiger charge is 2.19. The highest BCUT2D eigenvalue weighted by atomic mass is 16.6. The lowest BCUT2D eigenvalue weighted by molar-refractivity contribution is -0.393. The highest BCUT2D eigenvalue weighted by Crippen LogP contribution is 2.28. The summed E-state index contributed by atoms with van der Waals surface area (Å²) in [5, 5.41) is 30.7. The average molecular weight is 278 g/mol. The zero-order valence-corrected chi connectivity index (χ0v) is 10.1. The molecule has 0 unspecified atom stereocenters. The fraction of sp³-hybridized carbons (Fsp3) is 0.200. The Hall–Kier alpha value is -3.04. The molecule has 0 fully saturated rings. The van der Waals surface area contributed by atoms with Gasteiger partial charge in [0, 0.05) is 19.0 Å². The van der Waals surface area contributed by atoms with Crippen molar-refractivity contribution < 1.29 is 9.85 Å². The number of rotatable bonds is 6. The van der Waals surface area contributed by atoms with Crippen molar-refractivity contribution >= 4 is 17.1 Å². The molecule has 0 atom stereocenters. The first-order valence-electron chi connectivity index (χ1n) is 5.59. The maximum atomic E-state index is 10.9. The molecular formula is C10H10N6O4. The molecule has 0 amide bonds. The number of H-pyrrole nitrogens is 1. The summed E-state index contributed by atoms with van der Waals surface area (Å²) in [6.07, 6.45) is 1.86. The van der Waals surface area contributed by atoms with E-state index in [2.05, 4.69) is 20.5 Å². The van der Waals surface area contributed by atoms with E-state index in [9.17, 15) is 20.2 Å². The molecule has 0 saturated heterocycles. The zero-order chi connectivity index (χ0) is 14.5. The molecule has 0 aliphatic heterocycles. The molecule has 0 bridgehead atoms. The number of nitro groups is 2. The van der Waals surface area contributed by atoms with E-state index in [1.165, 1.54) is 18.5 Å². The molecule has 20 heavy (non-hydrogen) atoms. The lowest BCUT2D eigenvalue weighted by Crippen LogP contribution is -2.08. The van der Waals surface area contributed by atoms with Gasteiger partial charge in [0.25, 0.3) is 11.4 Å². The van der Waals surface area contributed by atoms with E-state index >= 15 is 0 Å². The third-order valence-electron chi connectivity index (χ3n) is 2.53. The molecule has 0 radical (unpaired) electrons. The molecule has 0 spiro atoms. The van der Waals surface area contributed by atoms with E-state index in [0.717, 1.165) is 6.07 Å². The van der Waals surface area contributed by atoms with Gasteiger partial charge in [-0.2, -0.15) is 5.10 Å². The monoisotopic (exact) mass is 278 g/mol. The highest BCUT2D eigenvalue weighted by molar-refractivity contribution is 5.65. The number of nitrogens with one attached hydrogen (secondary N) is 2. The number of non-ortho nitro benzene ring substituents is 1. The number of nitrogens with zero attached hydrogens (tertiary/aromatic N) is 4. The topological polar surface area (TPSA) is 140 Å². The van der Waals surface area contributed by atoms with Crippen LogP contribution in [0.25, 0.3) is 0 Å². The molecule has 0 aliphatic rings. The van der Waals surface area contributed by atoms with Gasteiger partial charge in [-0.05, 0) is 6.07 Å². The van der Waals surface area contributed by atoms with Gasteiger partial charge in [0.05, 0.1) is 15.9 Å². The van der Waals surface area contributed by atoms with Crippen LogP contribution in [0.5, 0.6) is 0 Å². The van der Waals surface area contributed by atoms with Crippen LogP contribution in [0, 0.1) is 20.2 Å². The summed E-state index contributed by atoms with van der Waals surface area (Å²) in [7, 11) is 0. The first-order valence-corrected chi connectivity index (χ1v) is 5.59. The minimum atomic E-state index is -0.675. The van der Waals surface area contributed by atoms with Crippen molar-refractivity contribution in [2.24, 2.45) is 0 Å². The predicted octanol–water partition coefficient (Wildman–Crippen LogP) is 1.28. The van der Waals surface area contributed by atoms with Gasteiger partial charge in [0.1, 0.15) is 17.8 Å². The Labute approximate surface area is 112 Å². The van der Waals surface area contributed by atoms with Crippen LogP contribution in [0.15, 0.2) is 24.5 Å². The second-order valence-electron chi connectivity index (χ2n) is 3.82. The minimum Gasteiger partial charge on any atom is -0.379 e. The fourth-order valence-corrected chi connectivity index (χ4v) is 1.60. The van der Waals surface area contributed by atoms with Crippen molar-refractivity contribution in [3.63, 3.8) is 0 Å². The van der Waals surface area contributed by atoms with E-state index in [1.807, 2.05) is 0 Å². The van der Waals surface area contributed by atoms with Crippen LogP contribution in [-0.4, -0.2) is 31.6 Å². The van der Waals surface area contributed by atoms with Gasteiger partial charge in [-0.1, -0.05) is 0 Å². The van der Waals surface area contributed by atoms with E-state index in [-0.39, 0.29) is 17.1 Å². The van der Waals surface area contributed by atoms with E-state index < -0.39 is 9.85 Å². The van der Waals surface area contributed by atoms with Crippen LogP contribution in [0.3, 0.4) is 0 Å². The first kappa shape index (κ1) is 13.4. The van der Waals surface area contributed by atoms with Gasteiger partial charge in [0.2, 0.25) is 0 Å². The largest absolute Gasteiger partial charge is 0.379 e. The van der Waals surface area contributed by atoms with Gasteiger partial charge in [-0.3, -0.25) is 25.3 Å². The molecule has 0 saturated carbocycles. The van der Waals surface area contributed by atoms with Gasteiger partial charge >= 0.3 is 0 Å². The summed E-state index contributed by atoms with van der Waals surface area (Å²) >= 11 is 0. The van der Waals surface area contributed by atoms with E-state index in [0.29, 0.717) is 18.8 Å². The van der Waals surface area contributed by atoms with Gasteiger partial charge in [-0.25, -0.2) is 4.98 Å². The number of nitro benzene ring substituents is 2. The zero-order valence-electron chi connectivity index (χ0n) is 10.1. The quantitative estimate of drug-likeness (QED) is 0.598. The number of benzene rings is 1. The van der Waals surface area contributed by atoms with Crippen molar-refractivity contribution in [2.45, 2.75) is 6.42 Å². The molecule has 10 nitrogen and oxygen atoms in total. The SMILES string of the molecule is O=[N+]([O-])c1ccc(NCCc2ncn[nH]2)c([N+](=O)[O-])c1. The van der Waals surface area contributed by atoms with Crippen molar-refractivity contribution in [1.29, 1.82) is 0 Å². The summed E-state index contributed by atoms with van der Waals surface area (Å²) in [4.78, 5) is 24.1. The molecule has 2 rings (SSSR count). The molecule has 1 aromatic carbocycles. The van der Waals surface area contributed by atoms with Crippen LogP contribution in [0.4, 0.5) is 17.1 Å². The summed E-state index contributed by atoms with van der Waals surface area (Å²) in [6, 6.07) is 3.46. The Morgan fingerprint density at radius 3 is 2.65 bits per heavy atom. The van der Waals surface area contributed by atoms with Crippen molar-refractivity contribution in [1.82, 2.24) is 15.2 Å². The second kappa shape index (κ2) is 5.73. The number of anilines is 1. The summed E-state index contributed by atoms with van der Waals surface area (Å²) < 4.78 is 0. The van der Waals surface area contributed by atoms with Gasteiger partial charge in [-0.15, -0.1) is 0 Å². The maximum Gasteiger partial charge on any atom is 0.299 e. The Bertz CT molecular complexity index is 627. The molecule has 104 valence electrons. The smallest absolute Gasteiger partial charge is 0.299 e. The van der Waals surface area contributed by atoms with Crippen LogP contribution in [-0.2, 0) is 6.42 Å². The fourth-order valence-electron chi connectivity index (χ4n) is 1.60. The Morgan fingerprint density at radius 1 is 1.25 bits per heavy atom. The normalized spacial score (nSPS) is 10.2. The lowest BCUT2D eigenvalue weighted by atomic mass is 10.2.